The minimum Gasteiger partial charge on any atom is -0.344 e. The van der Waals surface area contributed by atoms with Gasteiger partial charge in [-0.1, -0.05) is 85.0 Å². The number of hydrogen-bond acceptors (Lipinski definition) is 6. The van der Waals surface area contributed by atoms with Crippen LogP contribution >= 0.6 is 0 Å². The molecule has 1 aromatic heterocycles. The number of nitrogens with zero attached hydrogens (tertiary/aromatic N) is 3. The average molecular weight is 670 g/mol. The first-order valence-corrected chi connectivity index (χ1v) is 17.1. The number of aromatic nitrogens is 1. The van der Waals surface area contributed by atoms with Crippen molar-refractivity contribution in [3.05, 3.63) is 179 Å². The number of para-hydroxylation sites is 4. The highest BCUT2D eigenvalue weighted by molar-refractivity contribution is 5.78. The van der Waals surface area contributed by atoms with E-state index in [9.17, 15) is 0 Å². The maximum Gasteiger partial charge on any atom is 0.212 e. The molecule has 0 saturated carbocycles. The van der Waals surface area contributed by atoms with Gasteiger partial charge in [-0.25, -0.2) is 18.6 Å². The lowest BCUT2D eigenvalue weighted by atomic mass is 10.1. The Hall–Kier alpha value is -5.28. The second-order valence-corrected chi connectivity index (χ2v) is 12.5. The van der Waals surface area contributed by atoms with Crippen LogP contribution in [0.15, 0.2) is 168 Å². The first kappa shape index (κ1) is 33.6. The van der Waals surface area contributed by atoms with Crippen LogP contribution in [0.2, 0.25) is 0 Å². The van der Waals surface area contributed by atoms with Gasteiger partial charge in [0.15, 0.2) is 0 Å². The van der Waals surface area contributed by atoms with Crippen LogP contribution in [0.1, 0.15) is 24.1 Å². The molecule has 2 aliphatic rings. The highest BCUT2D eigenvalue weighted by atomic mass is 35.7. The summed E-state index contributed by atoms with van der Waals surface area (Å²) in [5.74, 6) is 0. The van der Waals surface area contributed by atoms with Crippen molar-refractivity contribution in [2.45, 2.75) is 12.8 Å². The van der Waals surface area contributed by atoms with Crippen molar-refractivity contribution in [3.8, 4) is 0 Å². The molecule has 4 aromatic carbocycles. The Labute approximate surface area is 289 Å². The van der Waals surface area contributed by atoms with E-state index < -0.39 is 10.2 Å². The van der Waals surface area contributed by atoms with Gasteiger partial charge in [-0.3, -0.25) is 0 Å². The lowest BCUT2D eigenvalue weighted by Crippen LogP contribution is -2.68. The lowest BCUT2D eigenvalue weighted by molar-refractivity contribution is -2.00. The summed E-state index contributed by atoms with van der Waals surface area (Å²) in [5.41, 5.74) is 12.3. The van der Waals surface area contributed by atoms with Gasteiger partial charge >= 0.3 is 0 Å². The monoisotopic (exact) mass is 669 g/mol. The fraction of sp³-hybridized carbons (Fsp3) is 0.0976. The number of anilines is 3. The van der Waals surface area contributed by atoms with Crippen LogP contribution in [-0.2, 0) is 7.05 Å². The van der Waals surface area contributed by atoms with Gasteiger partial charge in [0.1, 0.15) is 7.05 Å². The minimum atomic E-state index is -4.94. The van der Waals surface area contributed by atoms with Gasteiger partial charge in [-0.05, 0) is 84.2 Å². The Kier molecular flexibility index (Phi) is 10.2. The second kappa shape index (κ2) is 14.9. The molecule has 49 heavy (non-hydrogen) atoms. The number of aryl methyl sites for hydroxylation is 1. The number of pyridine rings is 1. The highest BCUT2D eigenvalue weighted by Gasteiger charge is 2.26. The molecular weight excluding hydrogens is 634 g/mol. The molecule has 5 aromatic rings. The van der Waals surface area contributed by atoms with Crippen molar-refractivity contribution in [1.29, 1.82) is 0 Å². The standard InChI is InChI=1S/C41H36N3.ClHO4/c1-42-35(27-23-31-13-9-11-19-39(31)42)29-25-33-21-22-34(26-30-36-28-24-32-14-10-12-20-40(32)43(36)2)41(33)44(37-15-5-3-6-16-37)38-17-7-4-8-18-38;2-1(3,4)5/h3-20,23-30H,21-22H2,1-2H3;(H,2,3,4,5)/q+1;/p-1. The number of fused-ring (bicyclic) bond motifs is 2. The van der Waals surface area contributed by atoms with E-state index in [1.807, 2.05) is 0 Å². The van der Waals surface area contributed by atoms with Crippen molar-refractivity contribution in [2.75, 3.05) is 16.8 Å². The number of hydrogen-bond donors (Lipinski definition) is 0. The molecule has 2 heterocycles. The molecule has 0 bridgehead atoms. The zero-order chi connectivity index (χ0) is 34.4. The number of rotatable bonds is 6. The van der Waals surface area contributed by atoms with E-state index in [1.165, 1.54) is 50.4 Å². The topological polar surface area (TPSA) is 103 Å². The third-order valence-electron chi connectivity index (χ3n) is 8.67. The zero-order valence-corrected chi connectivity index (χ0v) is 28.0. The Bertz CT molecular complexity index is 2050. The summed E-state index contributed by atoms with van der Waals surface area (Å²) in [6.07, 6.45) is 15.6. The maximum absolute atomic E-state index is 8.49. The van der Waals surface area contributed by atoms with Gasteiger partial charge in [-0.2, -0.15) is 4.57 Å². The largest absolute Gasteiger partial charge is 0.344 e. The van der Waals surface area contributed by atoms with Crippen LogP contribution in [0, 0.1) is 10.2 Å². The molecule has 0 amide bonds. The molecule has 1 aliphatic heterocycles. The Balaban J connectivity index is 0.000000778. The van der Waals surface area contributed by atoms with Crippen LogP contribution in [0.25, 0.3) is 23.1 Å². The summed E-state index contributed by atoms with van der Waals surface area (Å²) in [7, 11) is -0.647. The quantitative estimate of drug-likeness (QED) is 0.241. The van der Waals surface area contributed by atoms with Crippen LogP contribution in [0.4, 0.5) is 17.1 Å². The van der Waals surface area contributed by atoms with Crippen molar-refractivity contribution in [3.63, 3.8) is 0 Å². The fourth-order valence-electron chi connectivity index (χ4n) is 6.31. The van der Waals surface area contributed by atoms with Gasteiger partial charge in [-0.15, -0.1) is 10.2 Å². The Morgan fingerprint density at radius 3 is 1.98 bits per heavy atom. The summed E-state index contributed by atoms with van der Waals surface area (Å²) in [6, 6.07) is 43.0. The molecule has 7 nitrogen and oxygen atoms in total. The number of likely N-dealkylation sites (N-methyl/N-ethyl adjacent to an activating group) is 1. The van der Waals surface area contributed by atoms with E-state index in [-0.39, 0.29) is 0 Å². The first-order valence-electron chi connectivity index (χ1n) is 15.9. The van der Waals surface area contributed by atoms with E-state index in [1.54, 1.807) is 0 Å². The second-order valence-electron chi connectivity index (χ2n) is 11.7. The van der Waals surface area contributed by atoms with Crippen LogP contribution < -0.4 is 33.0 Å². The average Bonchev–Trinajstić information content (AvgIpc) is 3.50. The Morgan fingerprint density at radius 1 is 0.673 bits per heavy atom. The molecule has 0 atom stereocenters. The molecule has 8 heteroatoms. The van der Waals surface area contributed by atoms with Crippen molar-refractivity contribution >= 4 is 40.1 Å². The van der Waals surface area contributed by atoms with Crippen LogP contribution in [-0.4, -0.2) is 7.05 Å². The molecule has 0 unspecified atom stereocenters. The van der Waals surface area contributed by atoms with Gasteiger partial charge in [0.2, 0.25) is 11.2 Å². The third-order valence-corrected chi connectivity index (χ3v) is 8.67. The van der Waals surface area contributed by atoms with Crippen molar-refractivity contribution in [2.24, 2.45) is 7.05 Å². The molecule has 1 aliphatic carbocycles. The summed E-state index contributed by atoms with van der Waals surface area (Å²) >= 11 is 0. The van der Waals surface area contributed by atoms with E-state index in [4.69, 9.17) is 18.6 Å². The fourth-order valence-corrected chi connectivity index (χ4v) is 6.31. The number of halogens is 1. The molecule has 0 spiro atoms. The summed E-state index contributed by atoms with van der Waals surface area (Å²) in [6.45, 7) is 0. The van der Waals surface area contributed by atoms with E-state index in [2.05, 4.69) is 186 Å². The molecule has 0 saturated heterocycles. The van der Waals surface area contributed by atoms with Gasteiger partial charge in [0, 0.05) is 53.4 Å². The molecule has 0 fully saturated rings. The van der Waals surface area contributed by atoms with Gasteiger partial charge in [0.25, 0.3) is 0 Å². The molecule has 7 rings (SSSR count). The SMILES string of the molecule is CN1C(=CC=C2CCC(C=Cc3ccc4ccccc4[n+]3C)=C2N(c2ccccc2)c2ccccc2)C=Cc2ccccc21.[O-][Cl+3]([O-])([O-])[O-]. The summed E-state index contributed by atoms with van der Waals surface area (Å²) in [5, 5.41) is 1.25. The predicted octanol–water partition coefficient (Wildman–Crippen LogP) is 4.78. The van der Waals surface area contributed by atoms with Crippen molar-refractivity contribution < 1.29 is 33.4 Å². The highest BCUT2D eigenvalue weighted by Crippen LogP contribution is 2.42. The number of benzene rings is 4. The lowest BCUT2D eigenvalue weighted by Gasteiger charge is -2.29. The Morgan fingerprint density at radius 2 is 1.29 bits per heavy atom. The smallest absolute Gasteiger partial charge is 0.212 e. The third kappa shape index (κ3) is 8.06. The normalized spacial score (nSPS) is 16.0. The van der Waals surface area contributed by atoms with Crippen LogP contribution in [0.3, 0.4) is 0 Å². The molecule has 0 N–H and O–H groups in total. The number of allylic oxidation sites excluding steroid dienone is 6. The van der Waals surface area contributed by atoms with Crippen molar-refractivity contribution in [1.82, 2.24) is 0 Å². The predicted molar refractivity (Wildman–Crippen MR) is 185 cm³/mol. The molecular formula is C41H36ClN3O4. The molecule has 0 radical (unpaired) electrons. The minimum absolute atomic E-state index is 0.975. The molecule has 246 valence electrons. The summed E-state index contributed by atoms with van der Waals surface area (Å²) < 4.78 is 36.2. The van der Waals surface area contributed by atoms with Gasteiger partial charge < -0.3 is 9.80 Å². The van der Waals surface area contributed by atoms with E-state index in [0.29, 0.717) is 0 Å². The zero-order valence-electron chi connectivity index (χ0n) is 27.3. The van der Waals surface area contributed by atoms with Gasteiger partial charge in [0.05, 0.1) is 5.70 Å². The maximum atomic E-state index is 8.49. The van der Waals surface area contributed by atoms with E-state index >= 15 is 0 Å². The van der Waals surface area contributed by atoms with Crippen LogP contribution in [0.5, 0.6) is 0 Å². The van der Waals surface area contributed by atoms with E-state index in [0.717, 1.165) is 24.2 Å². The summed E-state index contributed by atoms with van der Waals surface area (Å²) in [4.78, 5) is 4.70. The first-order chi connectivity index (χ1) is 23.7.